The van der Waals surface area contributed by atoms with Gasteiger partial charge in [0.25, 0.3) is 0 Å². The molecule has 1 N–H and O–H groups in total. The molecule has 1 aromatic rings. The van der Waals surface area contributed by atoms with E-state index in [1.165, 1.54) is 0 Å². The summed E-state index contributed by atoms with van der Waals surface area (Å²) in [5.74, 6) is 0.996. The molecule has 1 rings (SSSR count). The van der Waals surface area contributed by atoms with Crippen LogP contribution in [0.2, 0.25) is 0 Å². The van der Waals surface area contributed by atoms with Crippen LogP contribution in [0.4, 0.5) is 0 Å². The Morgan fingerprint density at radius 1 is 1.57 bits per heavy atom. The fraction of sp³-hybridized carbons (Fsp3) is 0.500. The Bertz CT molecular complexity index is 253. The van der Waals surface area contributed by atoms with Gasteiger partial charge in [-0.2, -0.15) is 0 Å². The van der Waals surface area contributed by atoms with Crippen LogP contribution < -0.4 is 5.32 Å². The molecule has 14 heavy (non-hydrogen) atoms. The van der Waals surface area contributed by atoms with E-state index in [1.54, 1.807) is 6.26 Å². The molecule has 2 unspecified atom stereocenters. The number of hydrogen-bond donors (Lipinski definition) is 1. The molecule has 1 aromatic heterocycles. The summed E-state index contributed by atoms with van der Waals surface area (Å²) in [5, 5.41) is 3.48. The topological polar surface area (TPSA) is 25.2 Å². The predicted molar refractivity (Wildman–Crippen MR) is 59.2 cm³/mol. The third-order valence-electron chi connectivity index (χ3n) is 2.31. The van der Waals surface area contributed by atoms with Gasteiger partial charge >= 0.3 is 0 Å². The van der Waals surface area contributed by atoms with Gasteiger partial charge in [0.1, 0.15) is 5.76 Å². The van der Waals surface area contributed by atoms with E-state index in [0.29, 0.717) is 6.04 Å². The maximum atomic E-state index is 5.32. The zero-order chi connectivity index (χ0) is 10.4. The summed E-state index contributed by atoms with van der Waals surface area (Å²) >= 11 is 0. The van der Waals surface area contributed by atoms with Gasteiger partial charge in [0.05, 0.1) is 12.3 Å². The van der Waals surface area contributed by atoms with Crippen molar-refractivity contribution in [3.63, 3.8) is 0 Å². The lowest BCUT2D eigenvalue weighted by Crippen LogP contribution is -2.28. The standard InChI is InChI=1S/C12H19NO/c1-4-5-7-10(2)13-11(3)12-8-6-9-14-12/h4,6,8-11,13H,1,5,7H2,2-3H3. The van der Waals surface area contributed by atoms with E-state index >= 15 is 0 Å². The van der Waals surface area contributed by atoms with E-state index in [1.807, 2.05) is 18.2 Å². The largest absolute Gasteiger partial charge is 0.468 e. The van der Waals surface area contributed by atoms with Crippen LogP contribution in [0.1, 0.15) is 38.5 Å². The molecule has 78 valence electrons. The average molecular weight is 193 g/mol. The average Bonchev–Trinajstić information content (AvgIpc) is 2.67. The molecule has 0 amide bonds. The van der Waals surface area contributed by atoms with Crippen molar-refractivity contribution in [1.82, 2.24) is 5.32 Å². The van der Waals surface area contributed by atoms with Crippen molar-refractivity contribution in [2.75, 3.05) is 0 Å². The van der Waals surface area contributed by atoms with Crippen molar-refractivity contribution in [2.24, 2.45) is 0 Å². The molecule has 0 aromatic carbocycles. The van der Waals surface area contributed by atoms with Gasteiger partial charge in [-0.3, -0.25) is 0 Å². The van der Waals surface area contributed by atoms with Crippen LogP contribution in [0.15, 0.2) is 35.5 Å². The molecule has 0 radical (unpaired) electrons. The van der Waals surface area contributed by atoms with Crippen LogP contribution in [-0.4, -0.2) is 6.04 Å². The van der Waals surface area contributed by atoms with E-state index in [9.17, 15) is 0 Å². The minimum atomic E-state index is 0.282. The highest BCUT2D eigenvalue weighted by molar-refractivity contribution is 5.03. The van der Waals surface area contributed by atoms with Crippen LogP contribution in [0.5, 0.6) is 0 Å². The summed E-state index contributed by atoms with van der Waals surface area (Å²) in [7, 11) is 0. The fourth-order valence-electron chi connectivity index (χ4n) is 1.50. The molecule has 2 atom stereocenters. The van der Waals surface area contributed by atoms with Crippen molar-refractivity contribution >= 4 is 0 Å². The maximum Gasteiger partial charge on any atom is 0.120 e. The fourth-order valence-corrected chi connectivity index (χ4v) is 1.50. The molecule has 0 aliphatic rings. The molecule has 2 nitrogen and oxygen atoms in total. The van der Waals surface area contributed by atoms with Gasteiger partial charge in [0, 0.05) is 6.04 Å². The van der Waals surface area contributed by atoms with Crippen molar-refractivity contribution in [1.29, 1.82) is 0 Å². The van der Waals surface area contributed by atoms with Crippen molar-refractivity contribution in [3.8, 4) is 0 Å². The summed E-state index contributed by atoms with van der Waals surface area (Å²) < 4.78 is 5.32. The van der Waals surface area contributed by atoms with E-state index in [2.05, 4.69) is 25.7 Å². The van der Waals surface area contributed by atoms with E-state index < -0.39 is 0 Å². The van der Waals surface area contributed by atoms with Gasteiger partial charge in [-0.05, 0) is 38.8 Å². The third kappa shape index (κ3) is 3.38. The SMILES string of the molecule is C=CCCC(C)NC(C)c1ccco1. The highest BCUT2D eigenvalue weighted by atomic mass is 16.3. The molecular formula is C12H19NO. The number of hydrogen-bond acceptors (Lipinski definition) is 2. The quantitative estimate of drug-likeness (QED) is 0.701. The molecule has 0 aliphatic carbocycles. The van der Waals surface area contributed by atoms with Gasteiger partial charge < -0.3 is 9.73 Å². The van der Waals surface area contributed by atoms with Crippen LogP contribution in [0.3, 0.4) is 0 Å². The first-order valence-corrected chi connectivity index (χ1v) is 5.14. The predicted octanol–water partition coefficient (Wildman–Crippen LogP) is 3.28. The lowest BCUT2D eigenvalue weighted by Gasteiger charge is -2.17. The molecular weight excluding hydrogens is 174 g/mol. The van der Waals surface area contributed by atoms with E-state index in [0.717, 1.165) is 18.6 Å². The molecule has 0 saturated carbocycles. The van der Waals surface area contributed by atoms with E-state index in [-0.39, 0.29) is 6.04 Å². The molecule has 2 heteroatoms. The number of furan rings is 1. The molecule has 0 fully saturated rings. The van der Waals surface area contributed by atoms with E-state index in [4.69, 9.17) is 4.42 Å². The van der Waals surface area contributed by atoms with Gasteiger partial charge in [-0.15, -0.1) is 6.58 Å². The minimum Gasteiger partial charge on any atom is -0.468 e. The second-order valence-electron chi connectivity index (χ2n) is 3.67. The highest BCUT2D eigenvalue weighted by Crippen LogP contribution is 2.13. The van der Waals surface area contributed by atoms with Crippen molar-refractivity contribution in [3.05, 3.63) is 36.8 Å². The Balaban J connectivity index is 2.33. The van der Waals surface area contributed by atoms with Gasteiger partial charge in [-0.1, -0.05) is 6.08 Å². The van der Waals surface area contributed by atoms with Crippen molar-refractivity contribution in [2.45, 2.75) is 38.8 Å². The maximum absolute atomic E-state index is 5.32. The highest BCUT2D eigenvalue weighted by Gasteiger charge is 2.10. The Kier molecular flexibility index (Phi) is 4.47. The van der Waals surface area contributed by atoms with Gasteiger partial charge in [-0.25, -0.2) is 0 Å². The summed E-state index contributed by atoms with van der Waals surface area (Å²) in [6.45, 7) is 8.01. The zero-order valence-corrected chi connectivity index (χ0v) is 8.99. The summed E-state index contributed by atoms with van der Waals surface area (Å²) in [6.07, 6.45) is 5.84. The third-order valence-corrected chi connectivity index (χ3v) is 2.31. The molecule has 1 heterocycles. The monoisotopic (exact) mass is 193 g/mol. The molecule has 0 aliphatic heterocycles. The van der Waals surface area contributed by atoms with Crippen LogP contribution >= 0.6 is 0 Å². The molecule has 0 bridgehead atoms. The van der Waals surface area contributed by atoms with Gasteiger partial charge in [0.2, 0.25) is 0 Å². The van der Waals surface area contributed by atoms with Crippen LogP contribution in [0.25, 0.3) is 0 Å². The normalized spacial score (nSPS) is 15.0. The Hall–Kier alpha value is -1.02. The smallest absolute Gasteiger partial charge is 0.120 e. The first kappa shape index (κ1) is 11.1. The van der Waals surface area contributed by atoms with Crippen LogP contribution in [0, 0.1) is 0 Å². The lowest BCUT2D eigenvalue weighted by molar-refractivity contribution is 0.389. The Morgan fingerprint density at radius 3 is 2.93 bits per heavy atom. The molecule has 0 spiro atoms. The van der Waals surface area contributed by atoms with Crippen LogP contribution in [-0.2, 0) is 0 Å². The Labute approximate surface area is 86.0 Å². The molecule has 0 saturated heterocycles. The van der Waals surface area contributed by atoms with Crippen molar-refractivity contribution < 1.29 is 4.42 Å². The first-order chi connectivity index (χ1) is 6.74. The first-order valence-electron chi connectivity index (χ1n) is 5.14. The minimum absolute atomic E-state index is 0.282. The Morgan fingerprint density at radius 2 is 2.36 bits per heavy atom. The summed E-state index contributed by atoms with van der Waals surface area (Å²) in [5.41, 5.74) is 0. The summed E-state index contributed by atoms with van der Waals surface area (Å²) in [4.78, 5) is 0. The number of allylic oxidation sites excluding steroid dienone is 1. The number of nitrogens with one attached hydrogen (secondary N) is 1. The zero-order valence-electron chi connectivity index (χ0n) is 8.99. The summed E-state index contributed by atoms with van der Waals surface area (Å²) in [6, 6.07) is 4.69. The second kappa shape index (κ2) is 5.66. The number of rotatable bonds is 6. The lowest BCUT2D eigenvalue weighted by atomic mass is 10.1. The second-order valence-corrected chi connectivity index (χ2v) is 3.67. The van der Waals surface area contributed by atoms with Gasteiger partial charge in [0.15, 0.2) is 0 Å².